The van der Waals surface area contributed by atoms with E-state index >= 15 is 0 Å². The molecule has 176 valence electrons. The summed E-state index contributed by atoms with van der Waals surface area (Å²) in [7, 11) is 1.63. The van der Waals surface area contributed by atoms with Gasteiger partial charge in [-0.2, -0.15) is 0 Å². The van der Waals surface area contributed by atoms with E-state index in [0.717, 1.165) is 22.6 Å². The molecule has 1 heterocycles. The molecule has 0 radical (unpaired) electrons. The van der Waals surface area contributed by atoms with Crippen LogP contribution in [0.2, 0.25) is 0 Å². The lowest BCUT2D eigenvalue weighted by Gasteiger charge is -2.40. The number of carbonyl (C=O) groups excluding carboxylic acids is 2. The van der Waals surface area contributed by atoms with E-state index in [1.807, 2.05) is 89.8 Å². The van der Waals surface area contributed by atoms with Crippen LogP contribution in [0, 0.1) is 0 Å². The van der Waals surface area contributed by atoms with E-state index in [0.29, 0.717) is 19.6 Å². The minimum absolute atomic E-state index is 0.0974. The zero-order valence-corrected chi connectivity index (χ0v) is 19.3. The Morgan fingerprint density at radius 2 is 1.53 bits per heavy atom. The second kappa shape index (κ2) is 10.9. The molecular weight excluding hydrogens is 428 g/mol. The molecule has 0 aromatic heterocycles. The van der Waals surface area contributed by atoms with E-state index in [1.54, 1.807) is 7.11 Å². The molecule has 1 aliphatic rings. The number of carbonyl (C=O) groups is 2. The predicted octanol–water partition coefficient (Wildman–Crippen LogP) is 2.58. The van der Waals surface area contributed by atoms with Crippen LogP contribution in [0.4, 0.5) is 5.69 Å². The van der Waals surface area contributed by atoms with Crippen molar-refractivity contribution in [3.8, 4) is 5.75 Å². The third-order valence-corrected chi connectivity index (χ3v) is 6.18. The smallest absolute Gasteiger partial charge is 0.236 e. The molecule has 0 aliphatic carbocycles. The van der Waals surface area contributed by atoms with Crippen molar-refractivity contribution in [1.82, 2.24) is 10.2 Å². The van der Waals surface area contributed by atoms with Gasteiger partial charge in [-0.05, 0) is 35.4 Å². The number of hydrogen-bond acceptors (Lipinski definition) is 5. The largest absolute Gasteiger partial charge is 0.497 e. The maximum atomic E-state index is 13.1. The fourth-order valence-electron chi connectivity index (χ4n) is 4.35. The van der Waals surface area contributed by atoms with E-state index in [1.165, 1.54) is 0 Å². The van der Waals surface area contributed by atoms with Crippen molar-refractivity contribution in [1.29, 1.82) is 0 Å². The highest BCUT2D eigenvalue weighted by molar-refractivity contribution is 5.83. The Morgan fingerprint density at radius 1 is 0.941 bits per heavy atom. The maximum Gasteiger partial charge on any atom is 0.236 e. The Bertz CT molecular complexity index is 1050. The normalized spacial score (nSPS) is 16.3. The van der Waals surface area contributed by atoms with Crippen molar-refractivity contribution in [3.63, 3.8) is 0 Å². The lowest BCUT2D eigenvalue weighted by Crippen LogP contribution is -2.60. The monoisotopic (exact) mass is 458 g/mol. The molecule has 4 rings (SSSR count). The summed E-state index contributed by atoms with van der Waals surface area (Å²) >= 11 is 0. The first-order chi connectivity index (χ1) is 16.5. The molecule has 0 bridgehead atoms. The number of primary amides is 1. The number of piperazine rings is 1. The second-order valence-corrected chi connectivity index (χ2v) is 8.35. The molecule has 34 heavy (non-hydrogen) atoms. The number of rotatable bonds is 8. The summed E-state index contributed by atoms with van der Waals surface area (Å²) in [5, 5.41) is 3.15. The van der Waals surface area contributed by atoms with Crippen LogP contribution in [0.25, 0.3) is 0 Å². The lowest BCUT2D eigenvalue weighted by atomic mass is 9.98. The molecule has 1 saturated heterocycles. The van der Waals surface area contributed by atoms with Gasteiger partial charge in [-0.25, -0.2) is 0 Å². The molecule has 0 saturated carbocycles. The third kappa shape index (κ3) is 5.55. The Kier molecular flexibility index (Phi) is 7.44. The Balaban J connectivity index is 1.45. The minimum atomic E-state index is -0.562. The standard InChI is InChI=1S/C27H30N4O3/c1-34-23-14-12-22(13-15-23)30-16-17-31(24(18-30)27(28)33)19-25(32)29-26(20-8-4-2-5-9-20)21-10-6-3-7-11-21/h2-15,24,26H,16-19H2,1H3,(H2,28,33)(H,29,32)/t24-/m0/s1. The minimum Gasteiger partial charge on any atom is -0.497 e. The van der Waals surface area contributed by atoms with Crippen molar-refractivity contribution < 1.29 is 14.3 Å². The van der Waals surface area contributed by atoms with Gasteiger partial charge in [-0.1, -0.05) is 60.7 Å². The molecule has 3 aromatic carbocycles. The first-order valence-corrected chi connectivity index (χ1v) is 11.4. The molecule has 7 nitrogen and oxygen atoms in total. The number of anilines is 1. The summed E-state index contributed by atoms with van der Waals surface area (Å²) in [5.41, 5.74) is 8.73. The number of nitrogens with zero attached hydrogens (tertiary/aromatic N) is 2. The number of ether oxygens (including phenoxy) is 1. The second-order valence-electron chi connectivity index (χ2n) is 8.35. The van der Waals surface area contributed by atoms with Gasteiger partial charge < -0.3 is 20.7 Å². The fourth-order valence-corrected chi connectivity index (χ4v) is 4.35. The van der Waals surface area contributed by atoms with Gasteiger partial charge in [0, 0.05) is 25.3 Å². The maximum absolute atomic E-state index is 13.1. The number of hydrogen-bond donors (Lipinski definition) is 2. The highest BCUT2D eigenvalue weighted by atomic mass is 16.5. The number of methoxy groups -OCH3 is 1. The Hall–Kier alpha value is -3.84. The number of benzene rings is 3. The first-order valence-electron chi connectivity index (χ1n) is 11.4. The molecule has 3 N–H and O–H groups in total. The van der Waals surface area contributed by atoms with Crippen LogP contribution in [0.3, 0.4) is 0 Å². The highest BCUT2D eigenvalue weighted by Gasteiger charge is 2.32. The van der Waals surface area contributed by atoms with Crippen LogP contribution in [0.1, 0.15) is 17.2 Å². The van der Waals surface area contributed by atoms with Crippen LogP contribution in [0.5, 0.6) is 5.75 Å². The molecule has 7 heteroatoms. The van der Waals surface area contributed by atoms with Crippen LogP contribution in [0.15, 0.2) is 84.9 Å². The Labute approximate surface area is 200 Å². The van der Waals surface area contributed by atoms with Gasteiger partial charge >= 0.3 is 0 Å². The van der Waals surface area contributed by atoms with Gasteiger partial charge in [0.2, 0.25) is 11.8 Å². The summed E-state index contributed by atoms with van der Waals surface area (Å²) < 4.78 is 5.23. The number of amides is 2. The van der Waals surface area contributed by atoms with Crippen LogP contribution >= 0.6 is 0 Å². The van der Waals surface area contributed by atoms with Gasteiger partial charge in [0.25, 0.3) is 0 Å². The third-order valence-electron chi connectivity index (χ3n) is 6.18. The summed E-state index contributed by atoms with van der Waals surface area (Å²) in [4.78, 5) is 29.4. The van der Waals surface area contributed by atoms with Crippen molar-refractivity contribution >= 4 is 17.5 Å². The average molecular weight is 459 g/mol. The van der Waals surface area contributed by atoms with Gasteiger partial charge in [0.05, 0.1) is 19.7 Å². The molecule has 3 aromatic rings. The summed E-state index contributed by atoms with van der Waals surface area (Å²) in [5.74, 6) is 0.187. The van der Waals surface area contributed by atoms with Gasteiger partial charge in [-0.3, -0.25) is 14.5 Å². The van der Waals surface area contributed by atoms with Gasteiger partial charge in [0.1, 0.15) is 11.8 Å². The van der Waals surface area contributed by atoms with Gasteiger partial charge in [-0.15, -0.1) is 0 Å². The topological polar surface area (TPSA) is 87.9 Å². The van der Waals surface area contributed by atoms with Crippen LogP contribution < -0.4 is 20.7 Å². The van der Waals surface area contributed by atoms with Crippen LogP contribution in [-0.2, 0) is 9.59 Å². The highest BCUT2D eigenvalue weighted by Crippen LogP contribution is 2.24. The average Bonchev–Trinajstić information content (AvgIpc) is 2.88. The number of nitrogens with one attached hydrogen (secondary N) is 1. The Morgan fingerprint density at radius 3 is 2.06 bits per heavy atom. The number of nitrogens with two attached hydrogens (primary N) is 1. The predicted molar refractivity (Wildman–Crippen MR) is 133 cm³/mol. The quantitative estimate of drug-likeness (QED) is 0.542. The van der Waals surface area contributed by atoms with Gasteiger partial charge in [0.15, 0.2) is 0 Å². The summed E-state index contributed by atoms with van der Waals surface area (Å²) in [6.07, 6.45) is 0. The first kappa shape index (κ1) is 23.3. The van der Waals surface area contributed by atoms with Crippen LogP contribution in [-0.4, -0.2) is 56.0 Å². The van der Waals surface area contributed by atoms with Crippen molar-refractivity contribution in [2.24, 2.45) is 5.73 Å². The molecule has 0 unspecified atom stereocenters. The molecule has 1 aliphatic heterocycles. The molecule has 1 fully saturated rings. The van der Waals surface area contributed by atoms with E-state index < -0.39 is 11.9 Å². The summed E-state index contributed by atoms with van der Waals surface area (Å²) in [6, 6.07) is 26.6. The molecule has 1 atom stereocenters. The molecule has 2 amide bonds. The van der Waals surface area contributed by atoms with E-state index in [-0.39, 0.29) is 18.5 Å². The SMILES string of the molecule is COc1ccc(N2CCN(CC(=O)NC(c3ccccc3)c3ccccc3)[C@H](C(N)=O)C2)cc1. The van der Waals surface area contributed by atoms with E-state index in [4.69, 9.17) is 10.5 Å². The van der Waals surface area contributed by atoms with Crippen molar-refractivity contribution in [3.05, 3.63) is 96.1 Å². The summed E-state index contributed by atoms with van der Waals surface area (Å²) in [6.45, 7) is 1.76. The zero-order chi connectivity index (χ0) is 23.9. The van der Waals surface area contributed by atoms with E-state index in [2.05, 4.69) is 10.2 Å². The molecular formula is C27H30N4O3. The van der Waals surface area contributed by atoms with Crippen molar-refractivity contribution in [2.45, 2.75) is 12.1 Å². The fraction of sp³-hybridized carbons (Fsp3) is 0.259. The van der Waals surface area contributed by atoms with E-state index in [9.17, 15) is 9.59 Å². The lowest BCUT2D eigenvalue weighted by molar-refractivity contribution is -0.127. The van der Waals surface area contributed by atoms with Crippen molar-refractivity contribution in [2.75, 3.05) is 38.2 Å². The molecule has 0 spiro atoms. The zero-order valence-electron chi connectivity index (χ0n) is 19.3.